The van der Waals surface area contributed by atoms with Crippen LogP contribution in [0.25, 0.3) is 0 Å². The van der Waals surface area contributed by atoms with Gasteiger partial charge in [-0.25, -0.2) is 0 Å². The van der Waals surface area contributed by atoms with Gasteiger partial charge in [-0.3, -0.25) is 4.79 Å². The highest BCUT2D eigenvalue weighted by Gasteiger charge is 2.29. The van der Waals surface area contributed by atoms with Crippen molar-refractivity contribution < 1.29 is 9.53 Å². The molecule has 2 unspecified atom stereocenters. The molecule has 0 spiro atoms. The number of nitrogens with zero attached hydrogens (tertiary/aromatic N) is 1. The van der Waals surface area contributed by atoms with Crippen molar-refractivity contribution in [1.29, 1.82) is 0 Å². The highest BCUT2D eigenvalue weighted by atomic mass is 79.9. The lowest BCUT2D eigenvalue weighted by Gasteiger charge is -2.37. The third-order valence-electron chi connectivity index (χ3n) is 3.53. The first kappa shape index (κ1) is 13.6. The summed E-state index contributed by atoms with van der Waals surface area (Å²) in [6.45, 7) is 2.85. The lowest BCUT2D eigenvalue weighted by Crippen LogP contribution is -2.46. The Balaban J connectivity index is 2.13. The zero-order valence-corrected chi connectivity index (χ0v) is 12.3. The molecular weight excluding hydrogens is 294 g/mol. The lowest BCUT2D eigenvalue weighted by atomic mass is 9.99. The number of benzene rings is 1. The Morgan fingerprint density at radius 3 is 2.78 bits per heavy atom. The number of carbonyl (C=O) groups is 1. The first-order chi connectivity index (χ1) is 8.63. The van der Waals surface area contributed by atoms with E-state index in [4.69, 9.17) is 4.74 Å². The Kier molecular flexibility index (Phi) is 4.40. The molecule has 0 N–H and O–H groups in total. The van der Waals surface area contributed by atoms with E-state index in [1.54, 1.807) is 7.11 Å². The molecule has 1 aliphatic heterocycles. The number of amides is 1. The van der Waals surface area contributed by atoms with Gasteiger partial charge in [0, 0.05) is 24.2 Å². The van der Waals surface area contributed by atoms with Crippen LogP contribution in [0, 0.1) is 0 Å². The van der Waals surface area contributed by atoms with E-state index in [-0.39, 0.29) is 18.1 Å². The average molecular weight is 312 g/mol. The minimum Gasteiger partial charge on any atom is -0.381 e. The molecule has 4 heteroatoms. The van der Waals surface area contributed by atoms with Crippen molar-refractivity contribution in [3.63, 3.8) is 0 Å². The number of hydrogen-bond donors (Lipinski definition) is 0. The summed E-state index contributed by atoms with van der Waals surface area (Å²) in [7, 11) is 1.74. The maximum atomic E-state index is 12.5. The van der Waals surface area contributed by atoms with E-state index in [0.717, 1.165) is 29.4 Å². The molecule has 0 aliphatic carbocycles. The molecule has 1 fully saturated rings. The number of rotatable bonds is 2. The van der Waals surface area contributed by atoms with Gasteiger partial charge in [0.2, 0.25) is 0 Å². The Labute approximate surface area is 116 Å². The fourth-order valence-corrected chi connectivity index (χ4v) is 2.89. The fraction of sp³-hybridized carbons (Fsp3) is 0.500. The van der Waals surface area contributed by atoms with Gasteiger partial charge in [-0.05, 0) is 47.8 Å². The zero-order chi connectivity index (χ0) is 13.1. The molecule has 1 aliphatic rings. The minimum atomic E-state index is 0.101. The van der Waals surface area contributed by atoms with Crippen molar-refractivity contribution in [2.24, 2.45) is 0 Å². The molecule has 0 aromatic heterocycles. The van der Waals surface area contributed by atoms with Crippen molar-refractivity contribution >= 4 is 21.8 Å². The van der Waals surface area contributed by atoms with Gasteiger partial charge in [-0.2, -0.15) is 0 Å². The molecule has 3 nitrogen and oxygen atoms in total. The van der Waals surface area contributed by atoms with Crippen LogP contribution in [0.5, 0.6) is 0 Å². The van der Waals surface area contributed by atoms with E-state index in [1.165, 1.54) is 0 Å². The number of hydrogen-bond acceptors (Lipinski definition) is 2. The van der Waals surface area contributed by atoms with Crippen molar-refractivity contribution in [2.45, 2.75) is 31.9 Å². The number of carbonyl (C=O) groups excluding carboxylic acids is 1. The molecule has 98 valence electrons. The average Bonchev–Trinajstić information content (AvgIpc) is 2.38. The topological polar surface area (TPSA) is 29.5 Å². The summed E-state index contributed by atoms with van der Waals surface area (Å²) >= 11 is 3.44. The van der Waals surface area contributed by atoms with E-state index in [9.17, 15) is 4.79 Å². The van der Waals surface area contributed by atoms with Crippen LogP contribution in [0.15, 0.2) is 28.7 Å². The van der Waals surface area contributed by atoms with E-state index >= 15 is 0 Å². The molecule has 1 amide bonds. The minimum absolute atomic E-state index is 0.101. The molecule has 1 saturated heterocycles. The summed E-state index contributed by atoms with van der Waals surface area (Å²) in [6, 6.07) is 7.80. The Hall–Kier alpha value is -0.870. The Morgan fingerprint density at radius 2 is 2.17 bits per heavy atom. The quantitative estimate of drug-likeness (QED) is 0.840. The monoisotopic (exact) mass is 311 g/mol. The maximum absolute atomic E-state index is 12.5. The summed E-state index contributed by atoms with van der Waals surface area (Å²) in [5, 5.41) is 0. The Morgan fingerprint density at radius 1 is 1.44 bits per heavy atom. The van der Waals surface area contributed by atoms with Gasteiger partial charge in [0.15, 0.2) is 0 Å². The summed E-state index contributed by atoms with van der Waals surface area (Å²) in [6.07, 6.45) is 2.10. The highest BCUT2D eigenvalue weighted by Crippen LogP contribution is 2.24. The number of likely N-dealkylation sites (tertiary alicyclic amines) is 1. The number of ether oxygens (including phenoxy) is 1. The Bertz CT molecular complexity index is 436. The molecule has 1 aromatic carbocycles. The predicted molar refractivity (Wildman–Crippen MR) is 74.7 cm³/mol. The van der Waals surface area contributed by atoms with Gasteiger partial charge < -0.3 is 9.64 Å². The molecule has 0 bridgehead atoms. The van der Waals surface area contributed by atoms with Crippen LogP contribution in [0.2, 0.25) is 0 Å². The molecule has 18 heavy (non-hydrogen) atoms. The largest absolute Gasteiger partial charge is 0.381 e. The third-order valence-corrected chi connectivity index (χ3v) is 4.22. The van der Waals surface area contributed by atoms with Gasteiger partial charge in [-0.1, -0.05) is 12.1 Å². The van der Waals surface area contributed by atoms with Gasteiger partial charge >= 0.3 is 0 Å². The molecular formula is C14H18BrNO2. The van der Waals surface area contributed by atoms with Crippen LogP contribution < -0.4 is 0 Å². The maximum Gasteiger partial charge on any atom is 0.255 e. The standard InChI is InChI=1S/C14H18BrNO2/c1-10-9-11(18-2)7-8-16(10)14(17)12-5-3-4-6-13(12)15/h3-6,10-11H,7-9H2,1-2H3. The van der Waals surface area contributed by atoms with Crippen LogP contribution in [0.1, 0.15) is 30.1 Å². The zero-order valence-electron chi connectivity index (χ0n) is 10.7. The first-order valence-corrected chi connectivity index (χ1v) is 7.01. The lowest BCUT2D eigenvalue weighted by molar-refractivity contribution is 0.0159. The molecule has 0 radical (unpaired) electrons. The third kappa shape index (κ3) is 2.75. The smallest absolute Gasteiger partial charge is 0.255 e. The van der Waals surface area contributed by atoms with E-state index in [0.29, 0.717) is 0 Å². The van der Waals surface area contributed by atoms with E-state index in [1.807, 2.05) is 29.2 Å². The highest BCUT2D eigenvalue weighted by molar-refractivity contribution is 9.10. The molecule has 0 saturated carbocycles. The second-order valence-electron chi connectivity index (χ2n) is 4.71. The number of piperidine rings is 1. The normalized spacial score (nSPS) is 24.1. The van der Waals surface area contributed by atoms with Crippen molar-refractivity contribution in [3.05, 3.63) is 34.3 Å². The second kappa shape index (κ2) is 5.85. The van der Waals surface area contributed by atoms with Crippen LogP contribution in [-0.2, 0) is 4.74 Å². The fourth-order valence-electron chi connectivity index (χ4n) is 2.43. The van der Waals surface area contributed by atoms with Crippen molar-refractivity contribution in [1.82, 2.24) is 4.90 Å². The summed E-state index contributed by atoms with van der Waals surface area (Å²) in [5.74, 6) is 0.101. The summed E-state index contributed by atoms with van der Waals surface area (Å²) in [4.78, 5) is 14.4. The first-order valence-electron chi connectivity index (χ1n) is 6.21. The second-order valence-corrected chi connectivity index (χ2v) is 5.56. The van der Waals surface area contributed by atoms with E-state index < -0.39 is 0 Å². The van der Waals surface area contributed by atoms with Gasteiger partial charge in [0.1, 0.15) is 0 Å². The van der Waals surface area contributed by atoms with Crippen LogP contribution >= 0.6 is 15.9 Å². The van der Waals surface area contributed by atoms with E-state index in [2.05, 4.69) is 22.9 Å². The number of methoxy groups -OCH3 is 1. The summed E-state index contributed by atoms with van der Waals surface area (Å²) < 4.78 is 6.23. The van der Waals surface area contributed by atoms with Crippen molar-refractivity contribution in [3.8, 4) is 0 Å². The van der Waals surface area contributed by atoms with Gasteiger partial charge in [0.25, 0.3) is 5.91 Å². The predicted octanol–water partition coefficient (Wildman–Crippen LogP) is 3.09. The molecule has 1 heterocycles. The summed E-state index contributed by atoms with van der Waals surface area (Å²) in [5.41, 5.74) is 0.736. The van der Waals surface area contributed by atoms with Gasteiger partial charge in [-0.15, -0.1) is 0 Å². The van der Waals surface area contributed by atoms with Crippen LogP contribution in [-0.4, -0.2) is 36.6 Å². The van der Waals surface area contributed by atoms with Crippen LogP contribution in [0.4, 0.5) is 0 Å². The SMILES string of the molecule is COC1CCN(C(=O)c2ccccc2Br)C(C)C1. The van der Waals surface area contributed by atoms with Crippen LogP contribution in [0.3, 0.4) is 0 Å². The number of halogens is 1. The molecule has 1 aromatic rings. The molecule has 2 atom stereocenters. The van der Waals surface area contributed by atoms with Gasteiger partial charge in [0.05, 0.1) is 11.7 Å². The molecule has 2 rings (SSSR count). The van der Waals surface area contributed by atoms with Crippen molar-refractivity contribution in [2.75, 3.05) is 13.7 Å².